The molecule has 22 heavy (non-hydrogen) atoms. The van der Waals surface area contributed by atoms with Crippen LogP contribution in [0.2, 0.25) is 0 Å². The first-order chi connectivity index (χ1) is 11.3. The summed E-state index contributed by atoms with van der Waals surface area (Å²) in [5, 5.41) is 16.6. The van der Waals surface area contributed by atoms with Crippen molar-refractivity contribution >= 4 is 21.7 Å². The van der Waals surface area contributed by atoms with Gasteiger partial charge in [-0.1, -0.05) is 5.21 Å². The van der Waals surface area contributed by atoms with Crippen molar-refractivity contribution in [3.8, 4) is 11.4 Å². The predicted octanol–water partition coefficient (Wildman–Crippen LogP) is 0.280. The number of rotatable bonds is 4. The van der Waals surface area contributed by atoms with Crippen LogP contribution in [0.3, 0.4) is 0 Å². The summed E-state index contributed by atoms with van der Waals surface area (Å²) >= 11 is 0. The van der Waals surface area contributed by atoms with Gasteiger partial charge in [-0.3, -0.25) is 4.31 Å². The van der Waals surface area contributed by atoms with Crippen molar-refractivity contribution in [1.29, 1.82) is 0 Å². The van der Waals surface area contributed by atoms with Crippen LogP contribution in [-0.2, 0) is 17.1 Å². The summed E-state index contributed by atoms with van der Waals surface area (Å²) in [6.45, 7) is -1.51. The number of aromatic carboxylic acids is 1. The molecule has 0 aliphatic carbocycles. The van der Waals surface area contributed by atoms with Gasteiger partial charge in [0.25, 0.3) is 0 Å². The van der Waals surface area contributed by atoms with Gasteiger partial charge in [-0.25, -0.2) is 22.9 Å². The van der Waals surface area contributed by atoms with Crippen LogP contribution in [0, 0.1) is 6.92 Å². The molecule has 10 heteroatoms. The number of hydrogen-bond donors (Lipinski definition) is 1. The van der Waals surface area contributed by atoms with Crippen LogP contribution in [0.15, 0.2) is 12.1 Å². The molecule has 0 unspecified atom stereocenters. The second kappa shape index (κ2) is 5.37. The summed E-state index contributed by atoms with van der Waals surface area (Å²) in [6.07, 6.45) is 0.776. The second-order valence-corrected chi connectivity index (χ2v) is 6.38. The molecule has 1 N–H and O–H groups in total. The lowest BCUT2D eigenvalue weighted by molar-refractivity contribution is 0.0686. The summed E-state index contributed by atoms with van der Waals surface area (Å²) in [7, 11) is -2.68. The summed E-state index contributed by atoms with van der Waals surface area (Å²) in [4.78, 5) is 15.4. The van der Waals surface area contributed by atoms with Crippen LogP contribution in [0.5, 0.6) is 0 Å². The van der Waals surface area contributed by atoms with E-state index in [0.29, 0.717) is 4.31 Å². The first kappa shape index (κ1) is 12.1. The zero-order valence-electron chi connectivity index (χ0n) is 15.0. The van der Waals surface area contributed by atoms with Gasteiger partial charge in [-0.05, 0) is 19.1 Å². The molecule has 0 radical (unpaired) electrons. The predicted molar refractivity (Wildman–Crippen MR) is 79.2 cm³/mol. The first-order valence-electron chi connectivity index (χ1n) is 7.45. The number of carboxylic acids is 1. The SMILES string of the molecule is [2H]C([2H])([2H])N(c1ccc(-c2nnn(C)c2C(=O)O)nc1C)S(C)(=O)=O. The Morgan fingerprint density at radius 3 is 2.64 bits per heavy atom. The molecule has 0 bridgehead atoms. The van der Waals surface area contributed by atoms with Crippen LogP contribution in [0.1, 0.15) is 20.3 Å². The number of carboxylic acid groups (broad SMARTS) is 1. The number of sulfonamides is 1. The molecule has 2 heterocycles. The molecule has 0 aliphatic rings. The van der Waals surface area contributed by atoms with Gasteiger partial charge in [0.1, 0.15) is 5.69 Å². The van der Waals surface area contributed by atoms with E-state index in [1.54, 1.807) is 0 Å². The van der Waals surface area contributed by atoms with Crippen LogP contribution in [0.4, 0.5) is 5.69 Å². The number of anilines is 1. The van der Waals surface area contributed by atoms with Crippen molar-refractivity contribution in [3.63, 3.8) is 0 Å². The molecule has 9 nitrogen and oxygen atoms in total. The Kier molecular flexibility index (Phi) is 2.95. The number of aryl methyl sites for hydroxylation is 2. The summed E-state index contributed by atoms with van der Waals surface area (Å²) in [6, 6.07) is 2.54. The molecular weight excluding hydrogens is 310 g/mol. The van der Waals surface area contributed by atoms with Gasteiger partial charge in [-0.2, -0.15) is 0 Å². The topological polar surface area (TPSA) is 118 Å². The summed E-state index contributed by atoms with van der Waals surface area (Å²) in [5.74, 6) is -1.26. The monoisotopic (exact) mass is 328 g/mol. The molecule has 0 amide bonds. The molecule has 0 saturated carbocycles. The zero-order valence-corrected chi connectivity index (χ0v) is 12.8. The lowest BCUT2D eigenvalue weighted by Gasteiger charge is -2.18. The van der Waals surface area contributed by atoms with Gasteiger partial charge in [0.05, 0.1) is 23.3 Å². The van der Waals surface area contributed by atoms with Crippen molar-refractivity contribution in [2.24, 2.45) is 7.05 Å². The molecule has 0 aromatic carbocycles. The van der Waals surface area contributed by atoms with Crippen molar-refractivity contribution in [3.05, 3.63) is 23.5 Å². The van der Waals surface area contributed by atoms with Gasteiger partial charge in [0, 0.05) is 18.1 Å². The molecule has 0 saturated heterocycles. The van der Waals surface area contributed by atoms with Gasteiger partial charge in [0.15, 0.2) is 5.69 Å². The smallest absolute Gasteiger partial charge is 0.356 e. The van der Waals surface area contributed by atoms with Gasteiger partial charge < -0.3 is 5.11 Å². The average Bonchev–Trinajstić information content (AvgIpc) is 2.79. The Morgan fingerprint density at radius 1 is 1.45 bits per heavy atom. The lowest BCUT2D eigenvalue weighted by Crippen LogP contribution is -2.25. The van der Waals surface area contributed by atoms with Crippen molar-refractivity contribution < 1.29 is 22.4 Å². The van der Waals surface area contributed by atoms with Crippen LogP contribution >= 0.6 is 0 Å². The van der Waals surface area contributed by atoms with Crippen molar-refractivity contribution in [1.82, 2.24) is 20.0 Å². The largest absolute Gasteiger partial charge is 0.476 e. The highest BCUT2D eigenvalue weighted by Gasteiger charge is 2.22. The normalized spacial score (nSPS) is 14.0. The van der Waals surface area contributed by atoms with E-state index >= 15 is 0 Å². The van der Waals surface area contributed by atoms with Crippen molar-refractivity contribution in [2.45, 2.75) is 6.92 Å². The zero-order chi connectivity index (χ0) is 19.2. The average molecular weight is 328 g/mol. The maximum absolute atomic E-state index is 11.9. The van der Waals surface area contributed by atoms with Gasteiger partial charge >= 0.3 is 5.97 Å². The lowest BCUT2D eigenvalue weighted by atomic mass is 10.2. The fourth-order valence-corrected chi connectivity index (χ4v) is 2.40. The molecule has 0 spiro atoms. The molecule has 2 aromatic heterocycles. The minimum Gasteiger partial charge on any atom is -0.476 e. The van der Waals surface area contributed by atoms with E-state index in [4.69, 9.17) is 4.11 Å². The van der Waals surface area contributed by atoms with Crippen LogP contribution < -0.4 is 4.31 Å². The van der Waals surface area contributed by atoms with E-state index < -0.39 is 23.0 Å². The Bertz CT molecular complexity index is 939. The van der Waals surface area contributed by atoms with Crippen LogP contribution in [-0.4, -0.2) is 52.7 Å². The second-order valence-electron chi connectivity index (χ2n) is 4.54. The Balaban J connectivity index is 2.61. The highest BCUT2D eigenvalue weighted by Crippen LogP contribution is 2.25. The molecule has 0 aliphatic heterocycles. The third-order valence-corrected chi connectivity index (χ3v) is 3.74. The fourth-order valence-electron chi connectivity index (χ4n) is 1.85. The van der Waals surface area contributed by atoms with E-state index in [0.717, 1.165) is 10.9 Å². The number of nitrogens with zero attached hydrogens (tertiary/aromatic N) is 5. The molecule has 2 aromatic rings. The van der Waals surface area contributed by atoms with Crippen molar-refractivity contribution in [2.75, 3.05) is 17.5 Å². The number of hydrogen-bond acceptors (Lipinski definition) is 6. The Morgan fingerprint density at radius 2 is 2.14 bits per heavy atom. The number of pyridine rings is 1. The fraction of sp³-hybridized carbons (Fsp3) is 0.333. The minimum absolute atomic E-state index is 0.00978. The molecule has 2 rings (SSSR count). The van der Waals surface area contributed by atoms with E-state index in [-0.39, 0.29) is 28.5 Å². The summed E-state index contributed by atoms with van der Waals surface area (Å²) < 4.78 is 47.4. The van der Waals surface area contributed by atoms with Crippen LogP contribution in [0.25, 0.3) is 11.4 Å². The number of aromatic nitrogens is 4. The highest BCUT2D eigenvalue weighted by atomic mass is 32.2. The Labute approximate surface area is 131 Å². The summed E-state index contributed by atoms with van der Waals surface area (Å²) in [5.41, 5.74) is -0.126. The highest BCUT2D eigenvalue weighted by molar-refractivity contribution is 7.92. The maximum atomic E-state index is 11.9. The van der Waals surface area contributed by atoms with Gasteiger partial charge in [0.2, 0.25) is 10.0 Å². The quantitative estimate of drug-likeness (QED) is 0.856. The molecule has 118 valence electrons. The van der Waals surface area contributed by atoms with E-state index in [9.17, 15) is 18.3 Å². The standard InChI is InChI=1S/C12H15N5O4S/c1-7-9(17(3)22(4,20)21)6-5-8(13-7)10-11(12(18)19)16(2)15-14-10/h5-6H,1-4H3,(H,18,19)/i3D3. The Hall–Kier alpha value is -2.49. The first-order valence-corrected chi connectivity index (χ1v) is 7.80. The molecular formula is C12H15N5O4S. The van der Waals surface area contributed by atoms with E-state index in [1.807, 2.05) is 0 Å². The molecule has 0 fully saturated rings. The van der Waals surface area contributed by atoms with Gasteiger partial charge in [-0.15, -0.1) is 5.10 Å². The minimum atomic E-state index is -4.09. The van der Waals surface area contributed by atoms with E-state index in [1.165, 1.54) is 26.1 Å². The van der Waals surface area contributed by atoms with E-state index in [2.05, 4.69) is 15.3 Å². The number of carbonyl (C=O) groups is 1. The maximum Gasteiger partial charge on any atom is 0.356 e. The third-order valence-electron chi connectivity index (χ3n) is 2.88. The molecule has 0 atom stereocenters. The third kappa shape index (κ3) is 2.77.